The van der Waals surface area contributed by atoms with Crippen LogP contribution >= 0.6 is 0 Å². The molecule has 1 amide bonds. The molecule has 28 heavy (non-hydrogen) atoms. The Labute approximate surface area is 162 Å². The number of likely N-dealkylation sites (tertiary alicyclic amines) is 1. The second-order valence-electron chi connectivity index (χ2n) is 8.38. The van der Waals surface area contributed by atoms with Crippen LogP contribution in [0.15, 0.2) is 0 Å². The Hall–Kier alpha value is -1.07. The average Bonchev–Trinajstić information content (AvgIpc) is 3.39. The molecule has 1 heterocycles. The van der Waals surface area contributed by atoms with Crippen LogP contribution < -0.4 is 0 Å². The van der Waals surface area contributed by atoms with E-state index in [0.29, 0.717) is 25.7 Å². The predicted octanol–water partition coefficient (Wildman–Crippen LogP) is 1.96. The normalized spacial score (nSPS) is 24.3. The molecular formula is C17H27F3N2O5S. The van der Waals surface area contributed by atoms with Crippen LogP contribution in [0.1, 0.15) is 38.5 Å². The fourth-order valence-electron chi connectivity index (χ4n) is 4.10. The molecular weight excluding hydrogens is 401 g/mol. The second-order valence-corrected chi connectivity index (χ2v) is 10.5. The molecule has 0 radical (unpaired) electrons. The van der Waals surface area contributed by atoms with Gasteiger partial charge in [0.15, 0.2) is 0 Å². The molecule has 0 unspecified atom stereocenters. The number of piperidine rings is 1. The van der Waals surface area contributed by atoms with E-state index in [2.05, 4.69) is 4.74 Å². The number of carbonyl (C=O) groups is 1. The average molecular weight is 428 g/mol. The first kappa shape index (κ1) is 21.6. The number of alkyl halides is 3. The minimum absolute atomic E-state index is 0.0498. The lowest BCUT2D eigenvalue weighted by Gasteiger charge is -2.54. The molecule has 2 saturated carbocycles. The molecule has 7 nitrogen and oxygen atoms in total. The van der Waals surface area contributed by atoms with Crippen molar-refractivity contribution >= 4 is 16.1 Å². The molecule has 0 aromatic carbocycles. The molecule has 2 aliphatic carbocycles. The van der Waals surface area contributed by atoms with Gasteiger partial charge in [-0.3, -0.25) is 0 Å². The van der Waals surface area contributed by atoms with Crippen molar-refractivity contribution in [2.24, 2.45) is 11.3 Å². The van der Waals surface area contributed by atoms with Gasteiger partial charge in [0.2, 0.25) is 16.1 Å². The molecule has 3 fully saturated rings. The highest BCUT2D eigenvalue weighted by molar-refractivity contribution is 7.89. The van der Waals surface area contributed by atoms with Crippen LogP contribution in [-0.2, 0) is 14.8 Å². The summed E-state index contributed by atoms with van der Waals surface area (Å²) in [5.41, 5.74) is -0.0643. The van der Waals surface area contributed by atoms with Crippen LogP contribution in [0.5, 0.6) is 0 Å². The van der Waals surface area contributed by atoms with E-state index in [1.807, 2.05) is 0 Å². The van der Waals surface area contributed by atoms with Gasteiger partial charge >= 0.3 is 12.3 Å². The first-order valence-corrected chi connectivity index (χ1v) is 11.2. The number of amides is 1. The zero-order valence-corrected chi connectivity index (χ0v) is 16.6. The number of sulfonamides is 1. The molecule has 1 spiro atoms. The third-order valence-corrected chi connectivity index (χ3v) is 8.36. The van der Waals surface area contributed by atoms with Gasteiger partial charge in [0.25, 0.3) is 0 Å². The highest BCUT2D eigenvalue weighted by atomic mass is 32.2. The summed E-state index contributed by atoms with van der Waals surface area (Å²) >= 11 is 0. The summed E-state index contributed by atoms with van der Waals surface area (Å²) < 4.78 is 68.5. The summed E-state index contributed by atoms with van der Waals surface area (Å²) in [5, 5.41) is 8.77. The first-order chi connectivity index (χ1) is 13.0. The molecule has 0 aromatic heterocycles. The van der Waals surface area contributed by atoms with Crippen LogP contribution in [-0.4, -0.2) is 79.6 Å². The van der Waals surface area contributed by atoms with Gasteiger partial charge in [-0.05, 0) is 49.9 Å². The van der Waals surface area contributed by atoms with Crippen molar-refractivity contribution < 1.29 is 36.2 Å². The molecule has 0 aromatic rings. The third kappa shape index (κ3) is 4.73. The van der Waals surface area contributed by atoms with Gasteiger partial charge in [0.1, 0.15) is 0 Å². The molecule has 1 saturated heterocycles. The Bertz CT molecular complexity index is 679. The lowest BCUT2D eigenvalue weighted by Crippen LogP contribution is -2.56. The van der Waals surface area contributed by atoms with E-state index in [-0.39, 0.29) is 36.2 Å². The van der Waals surface area contributed by atoms with E-state index < -0.39 is 35.0 Å². The number of aliphatic hydroxyl groups is 1. The molecule has 3 aliphatic rings. The smallest absolute Gasteiger partial charge is 0.427 e. The van der Waals surface area contributed by atoms with E-state index in [0.717, 1.165) is 12.8 Å². The fraction of sp³-hybridized carbons (Fsp3) is 0.941. The quantitative estimate of drug-likeness (QED) is 0.699. The number of rotatable bonds is 6. The van der Waals surface area contributed by atoms with Crippen molar-refractivity contribution in [1.82, 2.24) is 9.21 Å². The maximum absolute atomic E-state index is 12.6. The number of ether oxygens (including phenoxy) is 1. The highest BCUT2D eigenvalue weighted by Crippen LogP contribution is 2.51. The fourth-order valence-corrected chi connectivity index (χ4v) is 5.87. The Morgan fingerprint density at radius 1 is 1.29 bits per heavy atom. The lowest BCUT2D eigenvalue weighted by atomic mass is 9.60. The van der Waals surface area contributed by atoms with Gasteiger partial charge in [0.05, 0.1) is 12.4 Å². The molecule has 1 atom stereocenters. The van der Waals surface area contributed by atoms with Gasteiger partial charge in [-0.1, -0.05) is 0 Å². The largest absolute Gasteiger partial charge is 0.434 e. The van der Waals surface area contributed by atoms with E-state index in [1.165, 1.54) is 9.21 Å². The van der Waals surface area contributed by atoms with E-state index >= 15 is 0 Å². The SMILES string of the molecule is CN(C1CC2(CCN(C(=O)O[C@H](CO)C(F)(F)F)CC2)C1)S(=O)(=O)CC1CC1. The van der Waals surface area contributed by atoms with Crippen LogP contribution in [0.4, 0.5) is 18.0 Å². The summed E-state index contributed by atoms with van der Waals surface area (Å²) in [6.45, 7) is -0.781. The molecule has 162 valence electrons. The summed E-state index contributed by atoms with van der Waals surface area (Å²) in [4.78, 5) is 13.2. The lowest BCUT2D eigenvalue weighted by molar-refractivity contribution is -0.215. The van der Waals surface area contributed by atoms with Gasteiger partial charge in [0, 0.05) is 26.2 Å². The van der Waals surface area contributed by atoms with Crippen LogP contribution in [0, 0.1) is 11.3 Å². The van der Waals surface area contributed by atoms with Crippen molar-refractivity contribution in [2.75, 3.05) is 32.5 Å². The Balaban J connectivity index is 1.46. The van der Waals surface area contributed by atoms with Crippen molar-refractivity contribution in [2.45, 2.75) is 56.8 Å². The molecule has 3 rings (SSSR count). The van der Waals surface area contributed by atoms with Crippen molar-refractivity contribution in [3.05, 3.63) is 0 Å². The summed E-state index contributed by atoms with van der Waals surface area (Å²) in [7, 11) is -1.63. The highest BCUT2D eigenvalue weighted by Gasteiger charge is 2.50. The maximum atomic E-state index is 12.6. The van der Waals surface area contributed by atoms with E-state index in [4.69, 9.17) is 5.11 Å². The summed E-state index contributed by atoms with van der Waals surface area (Å²) in [6, 6.07) is -0.0498. The Morgan fingerprint density at radius 3 is 2.32 bits per heavy atom. The number of nitrogens with zero attached hydrogens (tertiary/aromatic N) is 2. The van der Waals surface area contributed by atoms with Crippen LogP contribution in [0.2, 0.25) is 0 Å². The van der Waals surface area contributed by atoms with Gasteiger partial charge < -0.3 is 14.7 Å². The monoisotopic (exact) mass is 428 g/mol. The second kappa shape index (κ2) is 7.64. The van der Waals surface area contributed by atoms with Crippen LogP contribution in [0.25, 0.3) is 0 Å². The maximum Gasteiger partial charge on any atom is 0.427 e. The number of aliphatic hydroxyl groups excluding tert-OH is 1. The van der Waals surface area contributed by atoms with E-state index in [1.54, 1.807) is 7.05 Å². The van der Waals surface area contributed by atoms with Gasteiger partial charge in [-0.25, -0.2) is 17.5 Å². The number of halogens is 3. The van der Waals surface area contributed by atoms with Crippen molar-refractivity contribution in [1.29, 1.82) is 0 Å². The molecule has 1 N–H and O–H groups in total. The summed E-state index contributed by atoms with van der Waals surface area (Å²) in [5.74, 6) is 0.493. The topological polar surface area (TPSA) is 87.2 Å². The minimum Gasteiger partial charge on any atom is -0.434 e. The first-order valence-electron chi connectivity index (χ1n) is 9.55. The molecule has 11 heteroatoms. The predicted molar refractivity (Wildman–Crippen MR) is 93.9 cm³/mol. The Kier molecular flexibility index (Phi) is 5.90. The van der Waals surface area contributed by atoms with E-state index in [9.17, 15) is 26.4 Å². The summed E-state index contributed by atoms with van der Waals surface area (Å²) in [6.07, 6.45) is -3.84. The third-order valence-electron chi connectivity index (χ3n) is 6.29. The number of hydrogen-bond donors (Lipinski definition) is 1. The Morgan fingerprint density at radius 2 is 1.86 bits per heavy atom. The van der Waals surface area contributed by atoms with Gasteiger partial charge in [-0.2, -0.15) is 13.2 Å². The number of carbonyl (C=O) groups excluding carboxylic acids is 1. The standard InChI is InChI=1S/C17H27F3N2O5S/c1-21(28(25,26)11-12-2-3-12)13-8-16(9-13)4-6-22(7-5-16)15(24)27-14(10-23)17(18,19)20/h12-14,23H,2-11H2,1H3/t14-/m1/s1. The molecule has 1 aliphatic heterocycles. The van der Waals surface area contributed by atoms with Crippen LogP contribution in [0.3, 0.4) is 0 Å². The molecule has 0 bridgehead atoms. The minimum atomic E-state index is -4.81. The zero-order valence-electron chi connectivity index (χ0n) is 15.8. The van der Waals surface area contributed by atoms with Crippen molar-refractivity contribution in [3.63, 3.8) is 0 Å². The van der Waals surface area contributed by atoms with Crippen molar-refractivity contribution in [3.8, 4) is 0 Å². The zero-order chi connectivity index (χ0) is 20.7. The van der Waals surface area contributed by atoms with Gasteiger partial charge in [-0.15, -0.1) is 0 Å². The number of hydrogen-bond acceptors (Lipinski definition) is 5.